The molecule has 0 aromatic carbocycles. The van der Waals surface area contributed by atoms with Crippen molar-refractivity contribution in [2.45, 2.75) is 23.1 Å². The Morgan fingerprint density at radius 1 is 1.45 bits per heavy atom. The van der Waals surface area contributed by atoms with Gasteiger partial charge in [-0.2, -0.15) is 5.10 Å². The predicted octanol–water partition coefficient (Wildman–Crippen LogP) is 0.605. The molecule has 3 heterocycles. The van der Waals surface area contributed by atoms with Gasteiger partial charge in [0.25, 0.3) is 0 Å². The first-order valence-corrected chi connectivity index (χ1v) is 9.27. The average molecular weight is 342 g/mol. The van der Waals surface area contributed by atoms with Crippen LogP contribution in [0.3, 0.4) is 0 Å². The van der Waals surface area contributed by atoms with E-state index in [1.54, 1.807) is 4.68 Å². The number of aromatic nitrogens is 3. The fraction of sp³-hybridized carbons (Fsp3) is 0.500. The van der Waals surface area contributed by atoms with Crippen molar-refractivity contribution in [1.82, 2.24) is 14.8 Å². The topological polar surface area (TPSA) is 106 Å². The number of hydrogen-bond acceptors (Lipinski definition) is 7. The Hall–Kier alpha value is -1.65. The zero-order valence-corrected chi connectivity index (χ0v) is 13.8. The molecule has 1 atom stereocenters. The minimum absolute atomic E-state index is 0.0786. The molecular formula is C12H18N6O2S2. The number of piperidine rings is 1. The number of nitrogens with zero attached hydrogens (tertiary/aromatic N) is 4. The fourth-order valence-corrected chi connectivity index (χ4v) is 4.06. The molecule has 1 fully saturated rings. The average Bonchev–Trinajstić information content (AvgIpc) is 3.08. The van der Waals surface area contributed by atoms with E-state index in [0.717, 1.165) is 43.0 Å². The van der Waals surface area contributed by atoms with Crippen LogP contribution in [-0.2, 0) is 17.1 Å². The number of primary sulfonamides is 1. The molecule has 3 N–H and O–H groups in total. The monoisotopic (exact) mass is 342 g/mol. The van der Waals surface area contributed by atoms with Crippen LogP contribution >= 0.6 is 11.3 Å². The molecule has 0 amide bonds. The van der Waals surface area contributed by atoms with Gasteiger partial charge in [0.15, 0.2) is 9.34 Å². The van der Waals surface area contributed by atoms with Crippen molar-refractivity contribution in [3.63, 3.8) is 0 Å². The molecule has 3 rings (SSSR count). The molecular weight excluding hydrogens is 324 g/mol. The van der Waals surface area contributed by atoms with E-state index in [4.69, 9.17) is 5.14 Å². The molecule has 1 aliphatic rings. The molecule has 2 aromatic heterocycles. The highest BCUT2D eigenvalue weighted by Crippen LogP contribution is 2.25. The van der Waals surface area contributed by atoms with Crippen LogP contribution < -0.4 is 15.4 Å². The lowest BCUT2D eigenvalue weighted by Gasteiger charge is -2.33. The lowest BCUT2D eigenvalue weighted by molar-refractivity contribution is 0.530. The zero-order chi connectivity index (χ0) is 15.7. The van der Waals surface area contributed by atoms with E-state index in [0.29, 0.717) is 5.13 Å². The second-order valence-electron chi connectivity index (χ2n) is 5.33. The molecule has 0 aliphatic carbocycles. The predicted molar refractivity (Wildman–Crippen MR) is 85.6 cm³/mol. The van der Waals surface area contributed by atoms with Crippen molar-refractivity contribution in [2.24, 2.45) is 12.2 Å². The summed E-state index contributed by atoms with van der Waals surface area (Å²) in [7, 11) is -1.78. The van der Waals surface area contributed by atoms with E-state index in [1.165, 1.54) is 6.20 Å². The molecule has 22 heavy (non-hydrogen) atoms. The molecule has 1 aliphatic heterocycles. The third kappa shape index (κ3) is 3.39. The highest BCUT2D eigenvalue weighted by atomic mass is 32.2. The van der Waals surface area contributed by atoms with Crippen molar-refractivity contribution in [1.29, 1.82) is 0 Å². The van der Waals surface area contributed by atoms with Crippen LogP contribution in [0.15, 0.2) is 22.8 Å². The van der Waals surface area contributed by atoms with Gasteiger partial charge >= 0.3 is 0 Å². The highest BCUT2D eigenvalue weighted by molar-refractivity contribution is 7.91. The van der Waals surface area contributed by atoms with Gasteiger partial charge in [-0.15, -0.1) is 0 Å². The van der Waals surface area contributed by atoms with E-state index >= 15 is 0 Å². The third-order valence-electron chi connectivity index (χ3n) is 3.57. The lowest BCUT2D eigenvalue weighted by atomic mass is 10.1. The van der Waals surface area contributed by atoms with Gasteiger partial charge in [0.1, 0.15) is 0 Å². The van der Waals surface area contributed by atoms with Crippen molar-refractivity contribution in [3.05, 3.63) is 18.6 Å². The van der Waals surface area contributed by atoms with Crippen LogP contribution in [0.25, 0.3) is 0 Å². The smallest absolute Gasteiger partial charge is 0.249 e. The Kier molecular flexibility index (Phi) is 4.06. The zero-order valence-electron chi connectivity index (χ0n) is 12.1. The largest absolute Gasteiger partial charge is 0.367 e. The van der Waals surface area contributed by atoms with Gasteiger partial charge in [-0.1, -0.05) is 11.3 Å². The van der Waals surface area contributed by atoms with Crippen molar-refractivity contribution in [2.75, 3.05) is 23.3 Å². The summed E-state index contributed by atoms with van der Waals surface area (Å²) in [6.07, 6.45) is 7.21. The van der Waals surface area contributed by atoms with E-state index in [2.05, 4.69) is 20.3 Å². The third-order valence-corrected chi connectivity index (χ3v) is 5.91. The number of rotatable bonds is 4. The van der Waals surface area contributed by atoms with Gasteiger partial charge in [0.05, 0.1) is 18.1 Å². The number of nitrogens with two attached hydrogens (primary N) is 1. The molecule has 2 aromatic rings. The summed E-state index contributed by atoms with van der Waals surface area (Å²) in [6.45, 7) is 1.82. The van der Waals surface area contributed by atoms with Gasteiger partial charge < -0.3 is 10.2 Å². The Labute approximate surface area is 133 Å². The number of nitrogens with one attached hydrogen (secondary N) is 1. The first-order chi connectivity index (χ1) is 10.4. The van der Waals surface area contributed by atoms with Gasteiger partial charge in [-0.05, 0) is 12.8 Å². The van der Waals surface area contributed by atoms with Crippen LogP contribution in [0.5, 0.6) is 0 Å². The Bertz CT molecular complexity index is 753. The molecule has 0 bridgehead atoms. The van der Waals surface area contributed by atoms with Gasteiger partial charge in [0.2, 0.25) is 10.0 Å². The van der Waals surface area contributed by atoms with Crippen LogP contribution in [0.4, 0.5) is 10.8 Å². The Morgan fingerprint density at radius 2 is 2.27 bits per heavy atom. The maximum absolute atomic E-state index is 11.3. The minimum atomic E-state index is -3.68. The van der Waals surface area contributed by atoms with Gasteiger partial charge in [-0.25, -0.2) is 18.5 Å². The van der Waals surface area contributed by atoms with Crippen LogP contribution in [0, 0.1) is 0 Å². The summed E-state index contributed by atoms with van der Waals surface area (Å²) in [6, 6.07) is 0.216. The fourth-order valence-electron chi connectivity index (χ4n) is 2.53. The molecule has 1 unspecified atom stereocenters. The lowest BCUT2D eigenvalue weighted by Crippen LogP contribution is -2.42. The Morgan fingerprint density at radius 3 is 2.91 bits per heavy atom. The SMILES string of the molecule is Cn1cc(N2CCCC(Nc3ncc(S(N)(=O)=O)s3)C2)cn1. The van der Waals surface area contributed by atoms with Crippen molar-refractivity contribution in [3.8, 4) is 0 Å². The van der Waals surface area contributed by atoms with Gasteiger partial charge in [-0.3, -0.25) is 4.68 Å². The summed E-state index contributed by atoms with van der Waals surface area (Å²) in [4.78, 5) is 6.36. The maximum atomic E-state index is 11.3. The molecule has 10 heteroatoms. The highest BCUT2D eigenvalue weighted by Gasteiger charge is 2.22. The number of thiazole rings is 1. The number of hydrogen-bond donors (Lipinski definition) is 2. The van der Waals surface area contributed by atoms with Crippen molar-refractivity contribution < 1.29 is 8.42 Å². The Balaban J connectivity index is 1.66. The number of aryl methyl sites for hydroxylation is 1. The second-order valence-corrected chi connectivity index (χ2v) is 8.15. The standard InChI is InChI=1S/C12H18N6O2S2/c1-17-8-10(5-15-17)18-4-2-3-9(7-18)16-12-14-6-11(21-12)22(13,19)20/h5-6,8-9H,2-4,7H2,1H3,(H,14,16)(H2,13,19,20). The summed E-state index contributed by atoms with van der Waals surface area (Å²) < 4.78 is 24.4. The van der Waals surface area contributed by atoms with E-state index in [-0.39, 0.29) is 10.3 Å². The minimum Gasteiger partial charge on any atom is -0.367 e. The molecule has 0 radical (unpaired) electrons. The summed E-state index contributed by atoms with van der Waals surface area (Å²) in [5.74, 6) is 0. The van der Waals surface area contributed by atoms with E-state index in [1.807, 2.05) is 19.4 Å². The second kappa shape index (κ2) is 5.86. The number of anilines is 2. The van der Waals surface area contributed by atoms with Crippen LogP contribution in [0.1, 0.15) is 12.8 Å². The van der Waals surface area contributed by atoms with Crippen LogP contribution in [-0.4, -0.2) is 42.3 Å². The maximum Gasteiger partial charge on any atom is 0.249 e. The number of sulfonamides is 1. The van der Waals surface area contributed by atoms with E-state index in [9.17, 15) is 8.42 Å². The summed E-state index contributed by atoms with van der Waals surface area (Å²) >= 11 is 1.06. The first-order valence-electron chi connectivity index (χ1n) is 6.90. The van der Waals surface area contributed by atoms with Crippen molar-refractivity contribution >= 4 is 32.2 Å². The molecule has 1 saturated heterocycles. The summed E-state index contributed by atoms with van der Waals surface area (Å²) in [5.41, 5.74) is 1.10. The first kappa shape index (κ1) is 15.3. The van der Waals surface area contributed by atoms with Gasteiger partial charge in [0, 0.05) is 32.4 Å². The summed E-state index contributed by atoms with van der Waals surface area (Å²) in [5, 5.41) is 13.2. The molecule has 0 saturated carbocycles. The molecule has 0 spiro atoms. The molecule has 120 valence electrons. The normalized spacial score (nSPS) is 19.4. The molecule has 8 nitrogen and oxygen atoms in total. The quantitative estimate of drug-likeness (QED) is 0.843. The van der Waals surface area contributed by atoms with Crippen LogP contribution in [0.2, 0.25) is 0 Å². The van der Waals surface area contributed by atoms with E-state index < -0.39 is 10.0 Å².